The Morgan fingerprint density at radius 2 is 1.88 bits per heavy atom. The number of ether oxygens (including phenoxy) is 5. The highest BCUT2D eigenvalue weighted by atomic mass is 35.5. The monoisotopic (exact) mass is 488 g/mol. The van der Waals surface area contributed by atoms with E-state index in [4.69, 9.17) is 35.3 Å². The molecule has 0 aromatic heterocycles. The van der Waals surface area contributed by atoms with Gasteiger partial charge >= 0.3 is 5.97 Å². The summed E-state index contributed by atoms with van der Waals surface area (Å²) in [7, 11) is 4.58. The van der Waals surface area contributed by atoms with Crippen LogP contribution in [0.4, 0.5) is 5.69 Å². The van der Waals surface area contributed by atoms with Crippen LogP contribution < -0.4 is 14.2 Å². The minimum absolute atomic E-state index is 0.226. The number of hydrogen-bond acceptors (Lipinski definition) is 8. The number of carbonyl (C=O) groups is 1. The van der Waals surface area contributed by atoms with Crippen molar-refractivity contribution in [2.24, 2.45) is 4.99 Å². The van der Waals surface area contributed by atoms with E-state index in [2.05, 4.69) is 23.2 Å². The lowest BCUT2D eigenvalue weighted by Crippen LogP contribution is -2.35. The minimum atomic E-state index is -0.594. The van der Waals surface area contributed by atoms with Crippen LogP contribution in [0.15, 0.2) is 29.8 Å². The number of halogens is 1. The third-order valence-corrected chi connectivity index (χ3v) is 5.78. The van der Waals surface area contributed by atoms with Gasteiger partial charge in [0.25, 0.3) is 0 Å². The molecule has 1 saturated heterocycles. The van der Waals surface area contributed by atoms with Crippen molar-refractivity contribution < 1.29 is 28.5 Å². The zero-order valence-corrected chi connectivity index (χ0v) is 20.4. The van der Waals surface area contributed by atoms with Gasteiger partial charge in [-0.15, -0.1) is 0 Å². The van der Waals surface area contributed by atoms with Crippen LogP contribution in [0, 0.1) is 0 Å². The summed E-state index contributed by atoms with van der Waals surface area (Å²) in [5, 5.41) is 0.453. The Hall–Kier alpha value is -2.91. The number of hydrogen-bond donors (Lipinski definition) is 0. The maximum Gasteiger partial charge on any atom is 0.343 e. The van der Waals surface area contributed by atoms with Crippen LogP contribution in [0.5, 0.6) is 17.2 Å². The number of methoxy groups -OCH3 is 3. The highest BCUT2D eigenvalue weighted by Crippen LogP contribution is 2.42. The van der Waals surface area contributed by atoms with Crippen LogP contribution in [0.3, 0.4) is 0 Å². The van der Waals surface area contributed by atoms with Crippen molar-refractivity contribution in [3.63, 3.8) is 0 Å². The maximum atomic E-state index is 13.3. The Morgan fingerprint density at radius 3 is 2.47 bits per heavy atom. The van der Waals surface area contributed by atoms with Gasteiger partial charge in [0.1, 0.15) is 5.69 Å². The molecule has 0 unspecified atom stereocenters. The molecule has 3 rings (SSSR count). The van der Waals surface area contributed by atoms with Gasteiger partial charge in [-0.1, -0.05) is 24.3 Å². The molecule has 8 nitrogen and oxygen atoms in total. The van der Waals surface area contributed by atoms with Crippen molar-refractivity contribution in [3.8, 4) is 17.2 Å². The molecular weight excluding hydrogens is 460 g/mol. The zero-order chi connectivity index (χ0) is 24.7. The van der Waals surface area contributed by atoms with E-state index in [0.29, 0.717) is 58.7 Å². The van der Waals surface area contributed by atoms with E-state index in [1.807, 2.05) is 0 Å². The third-order valence-electron chi connectivity index (χ3n) is 5.47. The molecule has 0 aliphatic carbocycles. The molecule has 0 radical (unpaired) electrons. The zero-order valence-electron chi connectivity index (χ0n) is 19.7. The van der Waals surface area contributed by atoms with Gasteiger partial charge in [-0.3, -0.25) is 9.89 Å². The number of esters is 1. The van der Waals surface area contributed by atoms with Crippen molar-refractivity contribution in [2.45, 2.75) is 13.2 Å². The van der Waals surface area contributed by atoms with Crippen molar-refractivity contribution in [3.05, 3.63) is 52.1 Å². The Morgan fingerprint density at radius 1 is 1.15 bits per heavy atom. The highest BCUT2D eigenvalue weighted by Gasteiger charge is 2.24. The summed E-state index contributed by atoms with van der Waals surface area (Å²) in [6.07, 6.45) is 1.56. The topological polar surface area (TPSA) is 78.8 Å². The van der Waals surface area contributed by atoms with E-state index in [1.165, 1.54) is 14.2 Å². The summed E-state index contributed by atoms with van der Waals surface area (Å²) in [6, 6.07) is 4.99. The average molecular weight is 489 g/mol. The Balaban J connectivity index is 2.05. The van der Waals surface area contributed by atoms with Crippen molar-refractivity contribution in [1.82, 2.24) is 4.90 Å². The van der Waals surface area contributed by atoms with E-state index in [0.717, 1.165) is 13.1 Å². The van der Waals surface area contributed by atoms with E-state index < -0.39 is 5.97 Å². The van der Waals surface area contributed by atoms with Crippen LogP contribution in [-0.2, 0) is 22.6 Å². The van der Waals surface area contributed by atoms with Crippen LogP contribution in [0.25, 0.3) is 6.08 Å². The minimum Gasteiger partial charge on any atom is -0.493 e. The molecule has 0 bridgehead atoms. The smallest absolute Gasteiger partial charge is 0.343 e. The second-order valence-electron chi connectivity index (χ2n) is 7.55. The van der Waals surface area contributed by atoms with E-state index in [9.17, 15) is 4.79 Å². The Bertz CT molecular complexity index is 1070. The standard InChI is InChI=1S/C25H29ClN2O6/c1-6-19-20(26)12-17(14-28-7-9-33-10-8-28)24(22(19)27-2)34-25(29)16-11-18(15-30-3)23(32-5)21(13-16)31-4/h6,11-13H,1-2,7-10,14-15H2,3-5H3. The molecule has 9 heteroatoms. The molecule has 0 amide bonds. The van der Waals surface area contributed by atoms with E-state index in [1.54, 1.807) is 31.4 Å². The van der Waals surface area contributed by atoms with Crippen LogP contribution >= 0.6 is 11.6 Å². The Labute approximate surface area is 204 Å². The van der Waals surface area contributed by atoms with Gasteiger partial charge < -0.3 is 23.7 Å². The molecular formula is C25H29ClN2O6. The SMILES string of the molecule is C=Cc1c(Cl)cc(CN2CCOCC2)c(OC(=O)c2cc(COC)c(OC)c(OC)c2)c1N=C. The highest BCUT2D eigenvalue weighted by molar-refractivity contribution is 6.32. The molecule has 34 heavy (non-hydrogen) atoms. The van der Waals surface area contributed by atoms with Gasteiger partial charge in [0, 0.05) is 43.4 Å². The summed E-state index contributed by atoms with van der Waals surface area (Å²) < 4.78 is 27.5. The lowest BCUT2D eigenvalue weighted by Gasteiger charge is -2.28. The second-order valence-corrected chi connectivity index (χ2v) is 7.96. The molecule has 1 aliphatic heterocycles. The lowest BCUT2D eigenvalue weighted by atomic mass is 10.1. The predicted molar refractivity (Wildman–Crippen MR) is 132 cm³/mol. The number of carbonyl (C=O) groups excluding carboxylic acids is 1. The number of nitrogens with zero attached hydrogens (tertiary/aromatic N) is 2. The molecule has 2 aromatic rings. The number of morpholine rings is 1. The van der Waals surface area contributed by atoms with Gasteiger partial charge in [0.2, 0.25) is 0 Å². The average Bonchev–Trinajstić information content (AvgIpc) is 2.85. The number of rotatable bonds is 10. The third kappa shape index (κ3) is 5.59. The summed E-state index contributed by atoms with van der Waals surface area (Å²) in [5.41, 5.74) is 2.53. The molecule has 2 aromatic carbocycles. The normalized spacial score (nSPS) is 13.9. The van der Waals surface area contributed by atoms with Gasteiger partial charge in [-0.05, 0) is 24.9 Å². The summed E-state index contributed by atoms with van der Waals surface area (Å²) in [5.74, 6) is 0.572. The summed E-state index contributed by atoms with van der Waals surface area (Å²) in [6.45, 7) is 11.0. The van der Waals surface area contributed by atoms with Gasteiger partial charge in [0.15, 0.2) is 17.2 Å². The molecule has 1 fully saturated rings. The number of aliphatic imine (C=N–C) groups is 1. The van der Waals surface area contributed by atoms with E-state index >= 15 is 0 Å². The maximum absolute atomic E-state index is 13.3. The van der Waals surface area contributed by atoms with Crippen LogP contribution in [0.2, 0.25) is 5.02 Å². The first-order valence-corrected chi connectivity index (χ1v) is 11.1. The Kier molecular flexibility index (Phi) is 9.06. The second kappa shape index (κ2) is 12.0. The van der Waals surface area contributed by atoms with Crippen LogP contribution in [0.1, 0.15) is 27.0 Å². The van der Waals surface area contributed by atoms with Gasteiger partial charge in [0.05, 0.1) is 44.6 Å². The van der Waals surface area contributed by atoms with Crippen LogP contribution in [-0.4, -0.2) is 65.2 Å². The van der Waals surface area contributed by atoms with Gasteiger partial charge in [-0.2, -0.15) is 0 Å². The fourth-order valence-corrected chi connectivity index (χ4v) is 4.14. The lowest BCUT2D eigenvalue weighted by molar-refractivity contribution is 0.0337. The summed E-state index contributed by atoms with van der Waals surface area (Å²) in [4.78, 5) is 19.6. The fourth-order valence-electron chi connectivity index (χ4n) is 3.84. The first kappa shape index (κ1) is 25.7. The van der Waals surface area contributed by atoms with Crippen molar-refractivity contribution in [1.29, 1.82) is 0 Å². The predicted octanol–water partition coefficient (Wildman–Crippen LogP) is 4.53. The van der Waals surface area contributed by atoms with Crippen molar-refractivity contribution >= 4 is 36.1 Å². The molecule has 0 spiro atoms. The first-order valence-electron chi connectivity index (χ1n) is 10.7. The molecule has 0 saturated carbocycles. The summed E-state index contributed by atoms with van der Waals surface area (Å²) >= 11 is 6.50. The fraction of sp³-hybridized carbons (Fsp3) is 0.360. The first-order chi connectivity index (χ1) is 16.5. The van der Waals surface area contributed by atoms with Gasteiger partial charge in [-0.25, -0.2) is 4.79 Å². The molecule has 1 heterocycles. The largest absolute Gasteiger partial charge is 0.493 e. The molecule has 0 atom stereocenters. The molecule has 1 aliphatic rings. The molecule has 0 N–H and O–H groups in total. The quantitative estimate of drug-likeness (QED) is 0.276. The van der Waals surface area contributed by atoms with E-state index in [-0.39, 0.29) is 17.9 Å². The number of benzene rings is 2. The van der Waals surface area contributed by atoms with Crippen molar-refractivity contribution in [2.75, 3.05) is 47.6 Å². The molecule has 182 valence electrons.